The number of rotatable bonds is 3. The summed E-state index contributed by atoms with van der Waals surface area (Å²) in [5.74, 6) is 0. The molecule has 0 radical (unpaired) electrons. The number of nitrogens with zero attached hydrogens (tertiary/aromatic N) is 3. The lowest BCUT2D eigenvalue weighted by Crippen LogP contribution is -1.96. The molecular formula is C21H21N3O3S. The molecule has 0 amide bonds. The molecule has 0 aliphatic heterocycles. The third-order valence-corrected chi connectivity index (χ3v) is 5.17. The highest BCUT2D eigenvalue weighted by molar-refractivity contribution is 7.90. The topological polar surface area (TPSA) is 84.6 Å². The van der Waals surface area contributed by atoms with Gasteiger partial charge in [0.1, 0.15) is 5.69 Å². The molecule has 0 aliphatic carbocycles. The predicted octanol–water partition coefficient (Wildman–Crippen LogP) is 3.47. The van der Waals surface area contributed by atoms with Crippen LogP contribution in [0.15, 0.2) is 77.8 Å². The van der Waals surface area contributed by atoms with Gasteiger partial charge in [-0.15, -0.1) is 5.10 Å². The molecule has 0 atom stereocenters. The molecule has 4 rings (SSSR count). The second kappa shape index (κ2) is 8.33. The van der Waals surface area contributed by atoms with E-state index in [9.17, 15) is 8.42 Å². The Balaban J connectivity index is 0.000000706. The van der Waals surface area contributed by atoms with E-state index in [2.05, 4.69) is 10.2 Å². The third-order valence-electron chi connectivity index (χ3n) is 4.04. The smallest absolute Gasteiger partial charge is 0.175 e. The number of hydrogen-bond acceptors (Lipinski definition) is 5. The lowest BCUT2D eigenvalue weighted by Gasteiger charge is -2.05. The van der Waals surface area contributed by atoms with E-state index in [4.69, 9.17) is 5.11 Å². The minimum absolute atomic E-state index is 0.250. The van der Waals surface area contributed by atoms with Crippen LogP contribution in [0.3, 0.4) is 0 Å². The molecule has 0 aliphatic rings. The van der Waals surface area contributed by atoms with Gasteiger partial charge in [-0.25, -0.2) is 8.42 Å². The fourth-order valence-corrected chi connectivity index (χ4v) is 3.48. The average Bonchev–Trinajstić information content (AvgIpc) is 3.08. The van der Waals surface area contributed by atoms with E-state index in [-0.39, 0.29) is 6.61 Å². The molecular weight excluding hydrogens is 374 g/mol. The summed E-state index contributed by atoms with van der Waals surface area (Å²) < 4.78 is 25.0. The van der Waals surface area contributed by atoms with Crippen molar-refractivity contribution in [3.8, 4) is 22.4 Å². The Morgan fingerprint density at radius 3 is 2.18 bits per heavy atom. The van der Waals surface area contributed by atoms with E-state index >= 15 is 0 Å². The number of benzene rings is 2. The van der Waals surface area contributed by atoms with Crippen LogP contribution in [-0.2, 0) is 9.84 Å². The van der Waals surface area contributed by atoms with Gasteiger partial charge in [-0.1, -0.05) is 42.5 Å². The summed E-state index contributed by atoms with van der Waals surface area (Å²) in [6.45, 7) is 1.93. The van der Waals surface area contributed by atoms with E-state index in [0.717, 1.165) is 27.9 Å². The molecule has 1 N–H and O–H groups in total. The van der Waals surface area contributed by atoms with E-state index in [1.54, 1.807) is 29.9 Å². The molecule has 0 fully saturated rings. The predicted molar refractivity (Wildman–Crippen MR) is 110 cm³/mol. The van der Waals surface area contributed by atoms with Crippen LogP contribution < -0.4 is 0 Å². The standard InChI is InChI=1S/C19H15N3O2S.C2H6O/c1-25(23,24)16-11-9-14(10-12-16)18-17-8-5-13-20-22(17)21-19(18)15-6-3-2-4-7-15;1-2-3/h2-13H,1H3;3H,2H2,1H3. The van der Waals surface area contributed by atoms with Crippen molar-refractivity contribution in [2.45, 2.75) is 11.8 Å². The zero-order valence-corrected chi connectivity index (χ0v) is 16.5. The van der Waals surface area contributed by atoms with Crippen LogP contribution in [0.5, 0.6) is 0 Å². The Morgan fingerprint density at radius 2 is 1.57 bits per heavy atom. The lowest BCUT2D eigenvalue weighted by molar-refractivity contribution is 0.318. The van der Waals surface area contributed by atoms with Crippen LogP contribution in [0.4, 0.5) is 0 Å². The van der Waals surface area contributed by atoms with Crippen LogP contribution in [0.1, 0.15) is 6.92 Å². The van der Waals surface area contributed by atoms with Gasteiger partial charge in [0.05, 0.1) is 10.4 Å². The van der Waals surface area contributed by atoms with E-state index in [1.807, 2.05) is 54.6 Å². The van der Waals surface area contributed by atoms with Crippen molar-refractivity contribution in [2.24, 2.45) is 0 Å². The van der Waals surface area contributed by atoms with Crippen molar-refractivity contribution in [1.82, 2.24) is 14.8 Å². The van der Waals surface area contributed by atoms with Gasteiger partial charge < -0.3 is 5.11 Å². The maximum atomic E-state index is 11.7. The van der Waals surface area contributed by atoms with Gasteiger partial charge in [-0.3, -0.25) is 0 Å². The van der Waals surface area contributed by atoms with Gasteiger partial charge in [0.2, 0.25) is 0 Å². The third kappa shape index (κ3) is 4.11. The highest BCUT2D eigenvalue weighted by Crippen LogP contribution is 2.35. The van der Waals surface area contributed by atoms with Crippen molar-refractivity contribution >= 4 is 15.4 Å². The van der Waals surface area contributed by atoms with Gasteiger partial charge in [0.15, 0.2) is 9.84 Å². The number of aliphatic hydroxyl groups is 1. The Morgan fingerprint density at radius 1 is 0.929 bits per heavy atom. The van der Waals surface area contributed by atoms with Crippen molar-refractivity contribution < 1.29 is 13.5 Å². The maximum absolute atomic E-state index is 11.7. The molecule has 0 spiro atoms. The van der Waals surface area contributed by atoms with E-state index < -0.39 is 9.84 Å². The Bertz CT molecular complexity index is 1170. The lowest BCUT2D eigenvalue weighted by atomic mass is 10.00. The van der Waals surface area contributed by atoms with Crippen molar-refractivity contribution in [3.05, 3.63) is 72.9 Å². The molecule has 2 aromatic carbocycles. The monoisotopic (exact) mass is 395 g/mol. The average molecular weight is 395 g/mol. The molecule has 0 saturated heterocycles. The summed E-state index contributed by atoms with van der Waals surface area (Å²) in [6.07, 6.45) is 2.89. The SMILES string of the molecule is CCO.CS(=O)(=O)c1ccc(-c2c(-c3ccccc3)nn3ncccc23)cc1. The molecule has 144 valence electrons. The summed E-state index contributed by atoms with van der Waals surface area (Å²) in [5.41, 5.74) is 4.49. The van der Waals surface area contributed by atoms with Crippen molar-refractivity contribution in [3.63, 3.8) is 0 Å². The van der Waals surface area contributed by atoms with E-state index in [0.29, 0.717) is 4.90 Å². The Hall–Kier alpha value is -3.03. The first kappa shape index (κ1) is 19.7. The molecule has 6 nitrogen and oxygen atoms in total. The van der Waals surface area contributed by atoms with Crippen LogP contribution in [-0.4, -0.2) is 41.2 Å². The maximum Gasteiger partial charge on any atom is 0.175 e. The Kier molecular flexibility index (Phi) is 5.87. The number of sulfone groups is 1. The van der Waals surface area contributed by atoms with Crippen LogP contribution in [0, 0.1) is 0 Å². The van der Waals surface area contributed by atoms with Crippen LogP contribution in [0.25, 0.3) is 27.9 Å². The normalized spacial score (nSPS) is 11.1. The summed E-state index contributed by atoms with van der Waals surface area (Å²) in [5, 5.41) is 16.5. The molecule has 7 heteroatoms. The Labute approximate surface area is 164 Å². The number of hydrogen-bond donors (Lipinski definition) is 1. The first-order valence-corrected chi connectivity index (χ1v) is 10.7. The fraction of sp³-hybridized carbons (Fsp3) is 0.143. The quantitative estimate of drug-likeness (QED) is 0.574. The van der Waals surface area contributed by atoms with E-state index in [1.165, 1.54) is 6.26 Å². The summed E-state index contributed by atoms with van der Waals surface area (Å²) >= 11 is 0. The fourth-order valence-electron chi connectivity index (χ4n) is 2.85. The van der Waals surface area contributed by atoms with Crippen molar-refractivity contribution in [1.29, 1.82) is 0 Å². The van der Waals surface area contributed by atoms with Gasteiger partial charge in [-0.2, -0.15) is 9.73 Å². The highest BCUT2D eigenvalue weighted by Gasteiger charge is 2.17. The molecule has 2 aromatic heterocycles. The largest absolute Gasteiger partial charge is 0.397 e. The highest BCUT2D eigenvalue weighted by atomic mass is 32.2. The number of aliphatic hydroxyl groups excluding tert-OH is 1. The molecule has 0 bridgehead atoms. The van der Waals surface area contributed by atoms with Crippen LogP contribution in [0.2, 0.25) is 0 Å². The molecule has 0 unspecified atom stereocenters. The number of fused-ring (bicyclic) bond motifs is 1. The first-order valence-electron chi connectivity index (χ1n) is 8.76. The van der Waals surface area contributed by atoms with Gasteiger partial charge in [0.25, 0.3) is 0 Å². The minimum atomic E-state index is -3.23. The van der Waals surface area contributed by atoms with Crippen molar-refractivity contribution in [2.75, 3.05) is 12.9 Å². The molecule has 0 saturated carbocycles. The summed E-state index contributed by atoms with van der Waals surface area (Å²) in [7, 11) is -3.23. The van der Waals surface area contributed by atoms with Gasteiger partial charge >= 0.3 is 0 Å². The molecule has 28 heavy (non-hydrogen) atoms. The summed E-state index contributed by atoms with van der Waals surface area (Å²) in [6, 6.07) is 20.6. The molecule has 2 heterocycles. The molecule has 4 aromatic rings. The van der Waals surface area contributed by atoms with Crippen LogP contribution >= 0.6 is 0 Å². The van der Waals surface area contributed by atoms with Gasteiger partial charge in [0, 0.05) is 30.2 Å². The minimum Gasteiger partial charge on any atom is -0.397 e. The number of aromatic nitrogens is 3. The zero-order valence-electron chi connectivity index (χ0n) is 15.6. The second-order valence-corrected chi connectivity index (χ2v) is 8.12. The summed E-state index contributed by atoms with van der Waals surface area (Å²) in [4.78, 5) is 0.298. The first-order chi connectivity index (χ1) is 13.5. The zero-order chi connectivity index (χ0) is 20.1. The second-order valence-electron chi connectivity index (χ2n) is 6.10. The van der Waals surface area contributed by atoms with Gasteiger partial charge in [-0.05, 0) is 36.8 Å².